The SMILES string of the molecule is Nc1ncnc2c1ncn2[C@@H]1O[C@H](CO)[C@@H](O)[C@H]1O.O=C(O)c1cccnc1.O=P(O)(O)O. The van der Waals surface area contributed by atoms with Crippen molar-refractivity contribution in [3.8, 4) is 0 Å². The standard InChI is InChI=1S/C10H13N5O4.C6H5NO2.H3O4P/c11-8-5-9(13-2-12-8)15(3-14-5)10-7(18)6(17)4(1-16)19-10;8-6(9)5-2-1-3-7-4-5;1-5(2,3)4/h2-4,6-7,10,16-18H,1H2,(H2,11,12,13);1-4H,(H,8,9);(H3,1,2,3,4)/t4-,6-,7-,10-;;/m1../s1. The Labute approximate surface area is 184 Å². The smallest absolute Gasteiger partial charge is 0.466 e. The molecule has 4 atom stereocenters. The van der Waals surface area contributed by atoms with E-state index in [9.17, 15) is 15.0 Å². The number of rotatable bonds is 3. The maximum atomic E-state index is 10.2. The van der Waals surface area contributed by atoms with Crippen molar-refractivity contribution in [2.75, 3.05) is 12.3 Å². The number of aliphatic hydroxyl groups excluding tert-OH is 3. The van der Waals surface area contributed by atoms with Gasteiger partial charge in [0, 0.05) is 12.4 Å². The first kappa shape index (κ1) is 26.2. The fourth-order valence-corrected chi connectivity index (χ4v) is 2.66. The van der Waals surface area contributed by atoms with Gasteiger partial charge in [0.25, 0.3) is 0 Å². The van der Waals surface area contributed by atoms with Gasteiger partial charge in [-0.2, -0.15) is 0 Å². The first-order chi connectivity index (χ1) is 15.4. The first-order valence-corrected chi connectivity index (χ1v) is 10.5. The number of aromatic carboxylic acids is 1. The number of anilines is 1. The summed E-state index contributed by atoms with van der Waals surface area (Å²) in [5, 5.41) is 37.1. The number of fused-ring (bicyclic) bond motifs is 1. The van der Waals surface area contributed by atoms with Crippen LogP contribution in [0.2, 0.25) is 0 Å². The highest BCUT2D eigenvalue weighted by molar-refractivity contribution is 7.45. The van der Waals surface area contributed by atoms with Gasteiger partial charge in [-0.15, -0.1) is 0 Å². The molecule has 0 unspecified atom stereocenters. The molecule has 9 N–H and O–H groups in total. The van der Waals surface area contributed by atoms with Crippen LogP contribution in [0, 0.1) is 0 Å². The van der Waals surface area contributed by atoms with E-state index in [1.807, 2.05) is 0 Å². The Morgan fingerprint density at radius 3 is 2.33 bits per heavy atom. The van der Waals surface area contributed by atoms with Gasteiger partial charge in [0.15, 0.2) is 17.7 Å². The van der Waals surface area contributed by atoms with E-state index >= 15 is 0 Å². The summed E-state index contributed by atoms with van der Waals surface area (Å²) in [5.41, 5.74) is 6.66. The van der Waals surface area contributed by atoms with Crippen molar-refractivity contribution in [1.82, 2.24) is 24.5 Å². The molecule has 0 bridgehead atoms. The Morgan fingerprint density at radius 1 is 1.18 bits per heavy atom. The molecule has 1 aliphatic rings. The summed E-state index contributed by atoms with van der Waals surface area (Å²) in [5.74, 6) is -0.724. The van der Waals surface area contributed by atoms with Gasteiger partial charge in [0.1, 0.15) is 30.2 Å². The third-order valence-electron chi connectivity index (χ3n) is 4.09. The lowest BCUT2D eigenvalue weighted by Crippen LogP contribution is -2.33. The number of aromatic nitrogens is 5. The van der Waals surface area contributed by atoms with Crippen molar-refractivity contribution in [3.63, 3.8) is 0 Å². The minimum absolute atomic E-state index is 0.218. The third-order valence-corrected chi connectivity index (χ3v) is 4.09. The van der Waals surface area contributed by atoms with Crippen LogP contribution in [-0.2, 0) is 9.30 Å². The van der Waals surface area contributed by atoms with Gasteiger partial charge in [0.05, 0.1) is 18.5 Å². The molecule has 1 fully saturated rings. The van der Waals surface area contributed by atoms with E-state index in [2.05, 4.69) is 19.9 Å². The van der Waals surface area contributed by atoms with Crippen molar-refractivity contribution < 1.29 is 49.2 Å². The van der Waals surface area contributed by atoms with Gasteiger partial charge in [0.2, 0.25) is 0 Å². The quantitative estimate of drug-likeness (QED) is 0.183. The summed E-state index contributed by atoms with van der Waals surface area (Å²) >= 11 is 0. The molecule has 0 aliphatic carbocycles. The number of hydrogen-bond acceptors (Lipinski definition) is 11. The number of nitrogen functional groups attached to an aromatic ring is 1. The molecule has 33 heavy (non-hydrogen) atoms. The molecule has 17 heteroatoms. The van der Waals surface area contributed by atoms with Crippen LogP contribution in [-0.4, -0.2) is 90.5 Å². The fraction of sp³-hybridized carbons (Fsp3) is 0.312. The maximum Gasteiger partial charge on any atom is 0.466 e. The topological polar surface area (TPSA) is 267 Å². The average molecular weight is 488 g/mol. The Bertz CT molecular complexity index is 1100. The lowest BCUT2D eigenvalue weighted by Gasteiger charge is -2.16. The lowest BCUT2D eigenvalue weighted by atomic mass is 10.1. The van der Waals surface area contributed by atoms with Crippen molar-refractivity contribution in [3.05, 3.63) is 42.7 Å². The summed E-state index contributed by atoms with van der Waals surface area (Å²) in [6, 6.07) is 3.08. The summed E-state index contributed by atoms with van der Waals surface area (Å²) in [4.78, 5) is 47.2. The fourth-order valence-electron chi connectivity index (χ4n) is 2.66. The minimum atomic E-state index is -4.64. The molecule has 3 aromatic rings. The van der Waals surface area contributed by atoms with Crippen molar-refractivity contribution >= 4 is 30.8 Å². The molecule has 4 heterocycles. The van der Waals surface area contributed by atoms with E-state index in [0.717, 1.165) is 0 Å². The van der Waals surface area contributed by atoms with Gasteiger partial charge in [-0.25, -0.2) is 24.3 Å². The van der Waals surface area contributed by atoms with Gasteiger partial charge in [-0.1, -0.05) is 0 Å². The average Bonchev–Trinajstić information content (AvgIpc) is 3.30. The zero-order valence-corrected chi connectivity index (χ0v) is 17.5. The van der Waals surface area contributed by atoms with Gasteiger partial charge in [-0.3, -0.25) is 9.55 Å². The van der Waals surface area contributed by atoms with Crippen LogP contribution >= 0.6 is 7.82 Å². The highest BCUT2D eigenvalue weighted by Gasteiger charge is 2.43. The molecule has 0 aromatic carbocycles. The molecule has 4 rings (SSSR count). The number of pyridine rings is 1. The monoisotopic (exact) mass is 488 g/mol. The van der Waals surface area contributed by atoms with Gasteiger partial charge >= 0.3 is 13.8 Å². The molecular formula is C16H21N6O10P. The number of imidazole rings is 1. The molecule has 0 radical (unpaired) electrons. The maximum absolute atomic E-state index is 10.2. The molecule has 1 saturated heterocycles. The van der Waals surface area contributed by atoms with Crippen molar-refractivity contribution in [2.24, 2.45) is 0 Å². The number of hydrogen-bond donors (Lipinski definition) is 8. The minimum Gasteiger partial charge on any atom is -0.478 e. The summed E-state index contributed by atoms with van der Waals surface area (Å²) in [6.45, 7) is -0.390. The normalized spacial score (nSPS) is 22.1. The summed E-state index contributed by atoms with van der Waals surface area (Å²) in [7, 11) is -4.64. The van der Waals surface area contributed by atoms with Crippen LogP contribution in [0.1, 0.15) is 16.6 Å². The van der Waals surface area contributed by atoms with E-state index in [1.54, 1.807) is 6.07 Å². The molecule has 0 spiro atoms. The molecule has 0 amide bonds. The van der Waals surface area contributed by atoms with Crippen LogP contribution in [0.25, 0.3) is 11.2 Å². The van der Waals surface area contributed by atoms with Crippen LogP contribution in [0.4, 0.5) is 5.82 Å². The summed E-state index contributed by atoms with van der Waals surface area (Å²) in [6.07, 6.45) is 1.42. The van der Waals surface area contributed by atoms with Crippen LogP contribution < -0.4 is 5.73 Å². The van der Waals surface area contributed by atoms with Crippen LogP contribution in [0.15, 0.2) is 37.2 Å². The largest absolute Gasteiger partial charge is 0.478 e. The Balaban J connectivity index is 0.000000229. The second kappa shape index (κ2) is 11.2. The summed E-state index contributed by atoms with van der Waals surface area (Å²) < 4.78 is 15.7. The molecular weight excluding hydrogens is 467 g/mol. The van der Waals surface area contributed by atoms with Gasteiger partial charge < -0.3 is 45.6 Å². The number of carboxylic acids is 1. The Kier molecular flexibility index (Phi) is 8.86. The number of nitrogens with two attached hydrogens (primary N) is 1. The van der Waals surface area contributed by atoms with Gasteiger partial charge in [-0.05, 0) is 12.1 Å². The van der Waals surface area contributed by atoms with Crippen LogP contribution in [0.3, 0.4) is 0 Å². The van der Waals surface area contributed by atoms with E-state index in [1.165, 1.54) is 35.7 Å². The highest BCUT2D eigenvalue weighted by atomic mass is 31.2. The Hall–Kier alpha value is -3.08. The van der Waals surface area contributed by atoms with Crippen molar-refractivity contribution in [2.45, 2.75) is 24.5 Å². The Morgan fingerprint density at radius 2 is 1.85 bits per heavy atom. The number of nitrogens with zero attached hydrogens (tertiary/aromatic N) is 5. The molecule has 3 aromatic heterocycles. The first-order valence-electron chi connectivity index (χ1n) is 8.91. The molecule has 180 valence electrons. The predicted octanol–water partition coefficient (Wildman–Crippen LogP) is -2.13. The van der Waals surface area contributed by atoms with E-state index < -0.39 is 44.9 Å². The van der Waals surface area contributed by atoms with E-state index in [4.69, 9.17) is 39.9 Å². The highest BCUT2D eigenvalue weighted by Crippen LogP contribution is 2.31. The lowest BCUT2D eigenvalue weighted by molar-refractivity contribution is -0.0511. The molecule has 0 saturated carbocycles. The second-order valence-corrected chi connectivity index (χ2v) is 7.40. The number of aliphatic hydroxyl groups is 3. The van der Waals surface area contributed by atoms with E-state index in [0.29, 0.717) is 11.2 Å². The number of carbonyl (C=O) groups is 1. The zero-order chi connectivity index (χ0) is 24.8. The number of ether oxygens (including phenoxy) is 1. The third kappa shape index (κ3) is 7.21. The number of carboxylic acid groups (broad SMARTS) is 1. The van der Waals surface area contributed by atoms with Crippen LogP contribution in [0.5, 0.6) is 0 Å². The number of phosphoric acid groups is 1. The molecule has 1 aliphatic heterocycles. The second-order valence-electron chi connectivity index (χ2n) is 6.37. The molecule has 16 nitrogen and oxygen atoms in total. The van der Waals surface area contributed by atoms with Crippen molar-refractivity contribution in [1.29, 1.82) is 0 Å². The zero-order valence-electron chi connectivity index (χ0n) is 16.6. The van der Waals surface area contributed by atoms with E-state index in [-0.39, 0.29) is 11.4 Å². The predicted molar refractivity (Wildman–Crippen MR) is 108 cm³/mol.